The summed E-state index contributed by atoms with van der Waals surface area (Å²) >= 11 is 12.1. The van der Waals surface area contributed by atoms with Crippen LogP contribution in [0, 0.1) is 0 Å². The van der Waals surface area contributed by atoms with E-state index in [0.717, 1.165) is 0 Å². The standard InChI is InChI=1S/C12H17Cl2N3O2/c1-15-10-8(13)6-9(14)11(17-10)16-7-12(18)2-4-19-5-3-12/h6,18H,2-5,7H2,1H3,(H2,15,16,17). The number of nitrogens with one attached hydrogen (secondary N) is 2. The second-order valence-electron chi connectivity index (χ2n) is 4.59. The molecule has 2 heterocycles. The van der Waals surface area contributed by atoms with E-state index in [1.54, 1.807) is 13.1 Å². The van der Waals surface area contributed by atoms with Crippen LogP contribution >= 0.6 is 23.2 Å². The predicted octanol–water partition coefficient (Wildman–Crippen LogP) is 2.38. The highest BCUT2D eigenvalue weighted by molar-refractivity contribution is 6.37. The molecule has 2 rings (SSSR count). The molecule has 0 spiro atoms. The number of hydrogen-bond donors (Lipinski definition) is 3. The first-order chi connectivity index (χ1) is 9.04. The van der Waals surface area contributed by atoms with Gasteiger partial charge in [0.1, 0.15) is 11.6 Å². The Morgan fingerprint density at radius 1 is 1.32 bits per heavy atom. The van der Waals surface area contributed by atoms with Crippen molar-refractivity contribution in [2.45, 2.75) is 18.4 Å². The maximum absolute atomic E-state index is 10.3. The third-order valence-electron chi connectivity index (χ3n) is 3.17. The summed E-state index contributed by atoms with van der Waals surface area (Å²) in [6, 6.07) is 1.62. The van der Waals surface area contributed by atoms with Crippen LogP contribution in [0.15, 0.2) is 6.07 Å². The highest BCUT2D eigenvalue weighted by Crippen LogP contribution is 2.30. The van der Waals surface area contributed by atoms with Crippen LogP contribution in [0.3, 0.4) is 0 Å². The fourth-order valence-electron chi connectivity index (χ4n) is 1.94. The second kappa shape index (κ2) is 6.13. The molecule has 3 N–H and O–H groups in total. The van der Waals surface area contributed by atoms with Crippen LogP contribution < -0.4 is 10.6 Å². The van der Waals surface area contributed by atoms with E-state index in [1.807, 2.05) is 0 Å². The number of ether oxygens (including phenoxy) is 1. The van der Waals surface area contributed by atoms with Gasteiger partial charge in [-0.3, -0.25) is 0 Å². The van der Waals surface area contributed by atoms with Crippen molar-refractivity contribution >= 4 is 34.8 Å². The Kier molecular flexibility index (Phi) is 4.73. The minimum atomic E-state index is -0.775. The zero-order valence-corrected chi connectivity index (χ0v) is 12.2. The Morgan fingerprint density at radius 2 is 1.95 bits per heavy atom. The minimum Gasteiger partial charge on any atom is -0.388 e. The Morgan fingerprint density at radius 3 is 2.58 bits per heavy atom. The fraction of sp³-hybridized carbons (Fsp3) is 0.583. The molecule has 106 valence electrons. The molecule has 0 atom stereocenters. The lowest BCUT2D eigenvalue weighted by Gasteiger charge is -2.32. The highest BCUT2D eigenvalue weighted by Gasteiger charge is 2.29. The zero-order chi connectivity index (χ0) is 13.9. The molecule has 0 aliphatic carbocycles. The Balaban J connectivity index is 2.06. The number of anilines is 2. The number of halogens is 2. The molecule has 0 radical (unpaired) electrons. The van der Waals surface area contributed by atoms with Crippen LogP contribution in [0.2, 0.25) is 10.0 Å². The van der Waals surface area contributed by atoms with Gasteiger partial charge in [-0.05, 0) is 6.07 Å². The van der Waals surface area contributed by atoms with Crippen molar-refractivity contribution in [3.63, 3.8) is 0 Å². The normalized spacial score (nSPS) is 18.1. The SMILES string of the molecule is CNc1nc(NCC2(O)CCOCC2)c(Cl)cc1Cl. The smallest absolute Gasteiger partial charge is 0.147 e. The van der Waals surface area contributed by atoms with Gasteiger partial charge in [0.05, 0.1) is 15.6 Å². The van der Waals surface area contributed by atoms with Gasteiger partial charge in [0, 0.05) is 39.6 Å². The van der Waals surface area contributed by atoms with Crippen LogP contribution in [0.5, 0.6) is 0 Å². The van der Waals surface area contributed by atoms with E-state index in [2.05, 4.69) is 15.6 Å². The zero-order valence-electron chi connectivity index (χ0n) is 10.7. The van der Waals surface area contributed by atoms with E-state index < -0.39 is 5.60 Å². The van der Waals surface area contributed by atoms with Crippen molar-refractivity contribution in [3.8, 4) is 0 Å². The van der Waals surface area contributed by atoms with Crippen LogP contribution in [0.25, 0.3) is 0 Å². The van der Waals surface area contributed by atoms with Gasteiger partial charge in [-0.2, -0.15) is 0 Å². The summed E-state index contributed by atoms with van der Waals surface area (Å²) in [7, 11) is 1.73. The van der Waals surface area contributed by atoms with Crippen molar-refractivity contribution < 1.29 is 9.84 Å². The molecule has 7 heteroatoms. The summed E-state index contributed by atoms with van der Waals surface area (Å²) in [6.45, 7) is 1.53. The van der Waals surface area contributed by atoms with Crippen molar-refractivity contribution in [2.75, 3.05) is 37.4 Å². The van der Waals surface area contributed by atoms with Crippen molar-refractivity contribution in [2.24, 2.45) is 0 Å². The summed E-state index contributed by atoms with van der Waals surface area (Å²) in [5.41, 5.74) is -0.775. The van der Waals surface area contributed by atoms with E-state index in [1.165, 1.54) is 0 Å². The molecule has 1 fully saturated rings. The number of hydrogen-bond acceptors (Lipinski definition) is 5. The number of rotatable bonds is 4. The lowest BCUT2D eigenvalue weighted by atomic mass is 9.94. The summed E-state index contributed by atoms with van der Waals surface area (Å²) < 4.78 is 5.24. The first-order valence-electron chi connectivity index (χ1n) is 6.12. The number of aliphatic hydroxyl groups is 1. The summed E-state index contributed by atoms with van der Waals surface area (Å²) in [4.78, 5) is 4.28. The second-order valence-corrected chi connectivity index (χ2v) is 5.40. The van der Waals surface area contributed by atoms with Gasteiger partial charge in [-0.25, -0.2) is 4.98 Å². The summed E-state index contributed by atoms with van der Waals surface area (Å²) in [6.07, 6.45) is 1.20. The van der Waals surface area contributed by atoms with Crippen LogP contribution in [0.4, 0.5) is 11.6 Å². The molecule has 0 aromatic carbocycles. The molecular formula is C12H17Cl2N3O2. The largest absolute Gasteiger partial charge is 0.388 e. The van der Waals surface area contributed by atoms with E-state index in [9.17, 15) is 5.11 Å². The number of aromatic nitrogens is 1. The van der Waals surface area contributed by atoms with E-state index in [-0.39, 0.29) is 0 Å². The molecule has 1 aromatic heterocycles. The Hall–Kier alpha value is -0.750. The van der Waals surface area contributed by atoms with Gasteiger partial charge in [0.25, 0.3) is 0 Å². The third-order valence-corrected chi connectivity index (χ3v) is 3.75. The quantitative estimate of drug-likeness (QED) is 0.797. The fourth-order valence-corrected chi connectivity index (χ4v) is 2.46. The Bertz CT molecular complexity index is 451. The van der Waals surface area contributed by atoms with Gasteiger partial charge >= 0.3 is 0 Å². The van der Waals surface area contributed by atoms with E-state index in [4.69, 9.17) is 27.9 Å². The maximum atomic E-state index is 10.3. The molecule has 5 nitrogen and oxygen atoms in total. The lowest BCUT2D eigenvalue weighted by molar-refractivity contribution is -0.0543. The summed E-state index contributed by atoms with van der Waals surface area (Å²) in [5, 5.41) is 17.2. The predicted molar refractivity (Wildman–Crippen MR) is 77.3 cm³/mol. The molecule has 1 aliphatic heterocycles. The van der Waals surface area contributed by atoms with Gasteiger partial charge in [-0.1, -0.05) is 23.2 Å². The van der Waals surface area contributed by atoms with Gasteiger partial charge < -0.3 is 20.5 Å². The average Bonchev–Trinajstić information content (AvgIpc) is 2.39. The maximum Gasteiger partial charge on any atom is 0.147 e. The first-order valence-corrected chi connectivity index (χ1v) is 6.87. The van der Waals surface area contributed by atoms with Crippen molar-refractivity contribution in [1.82, 2.24) is 4.98 Å². The highest BCUT2D eigenvalue weighted by atomic mass is 35.5. The van der Waals surface area contributed by atoms with Gasteiger partial charge in [-0.15, -0.1) is 0 Å². The molecule has 1 aliphatic rings. The molecule has 0 unspecified atom stereocenters. The molecule has 1 aromatic rings. The number of nitrogens with zero attached hydrogens (tertiary/aromatic N) is 1. The minimum absolute atomic E-state index is 0.383. The summed E-state index contributed by atoms with van der Waals surface area (Å²) in [5.74, 6) is 1.06. The monoisotopic (exact) mass is 305 g/mol. The molecule has 0 amide bonds. The van der Waals surface area contributed by atoms with Crippen LogP contribution in [0.1, 0.15) is 12.8 Å². The molecular weight excluding hydrogens is 289 g/mol. The van der Waals surface area contributed by atoms with Gasteiger partial charge in [0.15, 0.2) is 0 Å². The van der Waals surface area contributed by atoms with Gasteiger partial charge in [0.2, 0.25) is 0 Å². The molecule has 1 saturated heterocycles. The Labute approximate surface area is 122 Å². The first kappa shape index (κ1) is 14.7. The molecule has 0 bridgehead atoms. The van der Waals surface area contributed by atoms with Crippen LogP contribution in [-0.4, -0.2) is 42.5 Å². The molecule has 0 saturated carbocycles. The molecule has 19 heavy (non-hydrogen) atoms. The van der Waals surface area contributed by atoms with Crippen molar-refractivity contribution in [1.29, 1.82) is 0 Å². The lowest BCUT2D eigenvalue weighted by Crippen LogP contribution is -2.42. The van der Waals surface area contributed by atoms with Crippen molar-refractivity contribution in [3.05, 3.63) is 16.1 Å². The third kappa shape index (κ3) is 3.63. The average molecular weight is 306 g/mol. The van der Waals surface area contributed by atoms with Crippen LogP contribution in [-0.2, 0) is 4.74 Å². The van der Waals surface area contributed by atoms with E-state index in [0.29, 0.717) is 54.3 Å². The topological polar surface area (TPSA) is 66.4 Å². The van der Waals surface area contributed by atoms with E-state index >= 15 is 0 Å². The number of pyridine rings is 1.